The van der Waals surface area contributed by atoms with Gasteiger partial charge in [-0.25, -0.2) is 0 Å². The lowest BCUT2D eigenvalue weighted by Crippen LogP contribution is -2.50. The molecule has 1 heterocycles. The summed E-state index contributed by atoms with van der Waals surface area (Å²) in [4.78, 5) is 35.8. The number of primary amides is 1. The molecule has 1 aliphatic heterocycles. The van der Waals surface area contributed by atoms with Gasteiger partial charge in [0.25, 0.3) is 0 Å². The second-order valence-corrected chi connectivity index (χ2v) is 5.04. The number of carbonyl (C=O) groups excluding carboxylic acids is 3. The third kappa shape index (κ3) is 2.81. The number of imide groups is 1. The zero-order valence-electron chi connectivity index (χ0n) is 10.6. The number of likely N-dealkylation sites (tertiary alicyclic amines) is 1. The van der Waals surface area contributed by atoms with Gasteiger partial charge in [0.15, 0.2) is 0 Å². The van der Waals surface area contributed by atoms with Gasteiger partial charge in [0.1, 0.15) is 0 Å². The summed E-state index contributed by atoms with van der Waals surface area (Å²) in [6, 6.07) is 3.83. The first-order valence-electron chi connectivity index (χ1n) is 6.08. The second-order valence-electron chi connectivity index (χ2n) is 4.63. The Hall–Kier alpha value is -1.92. The minimum atomic E-state index is -0.656. The van der Waals surface area contributed by atoms with Gasteiger partial charge in [0.05, 0.1) is 12.6 Å². The number of nitrogens with zero attached hydrogens (tertiary/aromatic N) is 1. The monoisotopic (exact) mass is 295 g/mol. The molecular weight excluding hydrogens is 282 g/mol. The Morgan fingerprint density at radius 3 is 2.70 bits per heavy atom. The number of rotatable bonds is 3. The molecule has 6 nitrogen and oxygen atoms in total. The fourth-order valence-electron chi connectivity index (χ4n) is 2.03. The van der Waals surface area contributed by atoms with Crippen LogP contribution in [0.5, 0.6) is 0 Å². The van der Waals surface area contributed by atoms with E-state index in [4.69, 9.17) is 23.1 Å². The number of amides is 3. The molecule has 0 radical (unpaired) electrons. The van der Waals surface area contributed by atoms with Crippen molar-refractivity contribution in [3.05, 3.63) is 34.3 Å². The van der Waals surface area contributed by atoms with E-state index >= 15 is 0 Å². The average Bonchev–Trinajstić information content (AvgIpc) is 2.40. The van der Waals surface area contributed by atoms with E-state index in [2.05, 4.69) is 0 Å². The Balaban J connectivity index is 2.23. The van der Waals surface area contributed by atoms with Crippen LogP contribution in [-0.2, 0) is 16.1 Å². The Morgan fingerprint density at radius 2 is 2.10 bits per heavy atom. The summed E-state index contributed by atoms with van der Waals surface area (Å²) in [5, 5.41) is 0.279. The largest absolute Gasteiger partial charge is 0.366 e. The van der Waals surface area contributed by atoms with Crippen molar-refractivity contribution < 1.29 is 14.4 Å². The molecule has 1 aromatic rings. The van der Waals surface area contributed by atoms with Gasteiger partial charge in [0.2, 0.25) is 17.7 Å². The fraction of sp³-hybridized carbons (Fsp3) is 0.308. The Bertz CT molecular complexity index is 588. The van der Waals surface area contributed by atoms with Gasteiger partial charge >= 0.3 is 0 Å². The van der Waals surface area contributed by atoms with Crippen LogP contribution in [0.3, 0.4) is 0 Å². The topological polar surface area (TPSA) is 106 Å². The highest BCUT2D eigenvalue weighted by atomic mass is 35.5. The summed E-state index contributed by atoms with van der Waals surface area (Å²) in [5.41, 5.74) is 11.6. The van der Waals surface area contributed by atoms with Crippen molar-refractivity contribution in [2.24, 2.45) is 11.5 Å². The summed E-state index contributed by atoms with van der Waals surface area (Å²) >= 11 is 6.04. The molecule has 1 aliphatic rings. The average molecular weight is 296 g/mol. The number of piperidine rings is 1. The molecule has 0 bridgehead atoms. The molecule has 1 fully saturated rings. The van der Waals surface area contributed by atoms with E-state index in [1.807, 2.05) is 0 Å². The van der Waals surface area contributed by atoms with Crippen LogP contribution in [0.4, 0.5) is 0 Å². The first kappa shape index (κ1) is 14.5. The Labute approximate surface area is 120 Å². The van der Waals surface area contributed by atoms with Crippen molar-refractivity contribution in [3.8, 4) is 0 Å². The standard InChI is InChI=1S/C13H14ClN3O3/c14-9-5-7(12(16)19)1-2-8(9)6-17-11(18)4-3-10(15)13(17)20/h1-2,5,10H,3-4,6,15H2,(H2,16,19). The molecule has 0 saturated carbocycles. The number of carbonyl (C=O) groups is 3. The molecule has 4 N–H and O–H groups in total. The highest BCUT2D eigenvalue weighted by Crippen LogP contribution is 2.22. The molecule has 106 valence electrons. The van der Waals surface area contributed by atoms with E-state index in [0.717, 1.165) is 4.90 Å². The molecular formula is C13H14ClN3O3. The highest BCUT2D eigenvalue weighted by Gasteiger charge is 2.32. The maximum atomic E-state index is 11.9. The van der Waals surface area contributed by atoms with Crippen molar-refractivity contribution in [1.29, 1.82) is 0 Å². The minimum absolute atomic E-state index is 0.0449. The third-order valence-electron chi connectivity index (χ3n) is 3.22. The van der Waals surface area contributed by atoms with Crippen LogP contribution in [0.15, 0.2) is 18.2 Å². The van der Waals surface area contributed by atoms with E-state index < -0.39 is 17.9 Å². The van der Waals surface area contributed by atoms with E-state index in [1.165, 1.54) is 12.1 Å². The van der Waals surface area contributed by atoms with Crippen LogP contribution in [0.2, 0.25) is 5.02 Å². The van der Waals surface area contributed by atoms with E-state index in [9.17, 15) is 14.4 Å². The predicted octanol–water partition coefficient (Wildman–Crippen LogP) is 0.415. The Kier molecular flexibility index (Phi) is 4.06. The molecule has 3 amide bonds. The lowest BCUT2D eigenvalue weighted by Gasteiger charge is -2.29. The molecule has 7 heteroatoms. The van der Waals surface area contributed by atoms with Crippen LogP contribution >= 0.6 is 11.6 Å². The van der Waals surface area contributed by atoms with Gasteiger partial charge in [-0.3, -0.25) is 19.3 Å². The van der Waals surface area contributed by atoms with Gasteiger partial charge in [-0.15, -0.1) is 0 Å². The highest BCUT2D eigenvalue weighted by molar-refractivity contribution is 6.31. The van der Waals surface area contributed by atoms with E-state index in [1.54, 1.807) is 6.07 Å². The van der Waals surface area contributed by atoms with Crippen LogP contribution in [-0.4, -0.2) is 28.7 Å². The summed E-state index contributed by atoms with van der Waals surface area (Å²) in [5.74, 6) is -1.27. The maximum absolute atomic E-state index is 11.9. The number of nitrogens with two attached hydrogens (primary N) is 2. The molecule has 0 aromatic heterocycles. The van der Waals surface area contributed by atoms with Crippen molar-refractivity contribution in [2.75, 3.05) is 0 Å². The van der Waals surface area contributed by atoms with Crippen molar-refractivity contribution >= 4 is 29.3 Å². The van der Waals surface area contributed by atoms with Crippen molar-refractivity contribution in [2.45, 2.75) is 25.4 Å². The zero-order chi connectivity index (χ0) is 14.9. The summed E-state index contributed by atoms with van der Waals surface area (Å²) in [7, 11) is 0. The lowest BCUT2D eigenvalue weighted by molar-refractivity contribution is -0.149. The quantitative estimate of drug-likeness (QED) is 0.788. The number of hydrogen-bond acceptors (Lipinski definition) is 4. The third-order valence-corrected chi connectivity index (χ3v) is 3.57. The fourth-order valence-corrected chi connectivity index (χ4v) is 2.27. The number of halogens is 1. The molecule has 1 aromatic carbocycles. The second kappa shape index (κ2) is 5.60. The molecule has 1 atom stereocenters. The zero-order valence-corrected chi connectivity index (χ0v) is 11.4. The molecule has 0 aliphatic carbocycles. The van der Waals surface area contributed by atoms with Crippen molar-refractivity contribution in [3.63, 3.8) is 0 Å². The van der Waals surface area contributed by atoms with Crippen LogP contribution in [0.1, 0.15) is 28.8 Å². The summed E-state index contributed by atoms with van der Waals surface area (Å²) < 4.78 is 0. The van der Waals surface area contributed by atoms with Crippen molar-refractivity contribution in [1.82, 2.24) is 4.90 Å². The minimum Gasteiger partial charge on any atom is -0.366 e. The molecule has 1 saturated heterocycles. The predicted molar refractivity (Wildman–Crippen MR) is 72.7 cm³/mol. The van der Waals surface area contributed by atoms with Crippen LogP contribution < -0.4 is 11.5 Å². The maximum Gasteiger partial charge on any atom is 0.248 e. The molecule has 1 unspecified atom stereocenters. The first-order valence-corrected chi connectivity index (χ1v) is 6.46. The van der Waals surface area contributed by atoms with Gasteiger partial charge in [-0.2, -0.15) is 0 Å². The van der Waals surface area contributed by atoms with E-state index in [-0.39, 0.29) is 29.5 Å². The molecule has 20 heavy (non-hydrogen) atoms. The SMILES string of the molecule is NC(=O)c1ccc(CN2C(=O)CCC(N)C2=O)c(Cl)c1. The van der Waals surface area contributed by atoms with Gasteiger partial charge in [-0.05, 0) is 24.1 Å². The number of benzene rings is 1. The van der Waals surface area contributed by atoms with Crippen LogP contribution in [0.25, 0.3) is 0 Å². The van der Waals surface area contributed by atoms with E-state index in [0.29, 0.717) is 12.0 Å². The normalized spacial score (nSPS) is 19.3. The first-order chi connectivity index (χ1) is 9.40. The van der Waals surface area contributed by atoms with Gasteiger partial charge in [0, 0.05) is 17.0 Å². The van der Waals surface area contributed by atoms with Gasteiger partial charge in [-0.1, -0.05) is 17.7 Å². The molecule has 2 rings (SSSR count). The number of hydrogen-bond donors (Lipinski definition) is 2. The van der Waals surface area contributed by atoms with Gasteiger partial charge < -0.3 is 11.5 Å². The molecule has 0 spiro atoms. The lowest BCUT2D eigenvalue weighted by atomic mass is 10.0. The van der Waals surface area contributed by atoms with Crippen LogP contribution in [0, 0.1) is 0 Å². The smallest absolute Gasteiger partial charge is 0.248 e. The summed E-state index contributed by atoms with van der Waals surface area (Å²) in [6.45, 7) is 0.0449. The Morgan fingerprint density at radius 1 is 1.40 bits per heavy atom. The summed E-state index contributed by atoms with van der Waals surface area (Å²) in [6.07, 6.45) is 0.604.